The molecule has 0 radical (unpaired) electrons. The van der Waals surface area contributed by atoms with Crippen molar-refractivity contribution in [2.24, 2.45) is 0 Å². The van der Waals surface area contributed by atoms with E-state index in [0.717, 1.165) is 18.8 Å². The van der Waals surface area contributed by atoms with E-state index >= 15 is 0 Å². The Balaban J connectivity index is 2.17. The topological polar surface area (TPSA) is 41.3 Å². The van der Waals surface area contributed by atoms with Crippen LogP contribution in [-0.4, -0.2) is 32.4 Å². The van der Waals surface area contributed by atoms with Gasteiger partial charge in [-0.2, -0.15) is 5.10 Å². The van der Waals surface area contributed by atoms with Gasteiger partial charge >= 0.3 is 0 Å². The predicted molar refractivity (Wildman–Crippen MR) is 92.2 cm³/mol. The lowest BCUT2D eigenvalue weighted by Crippen LogP contribution is -2.30. The van der Waals surface area contributed by atoms with Gasteiger partial charge in [-0.1, -0.05) is 0 Å². The molecule has 0 atom stereocenters. The van der Waals surface area contributed by atoms with E-state index in [2.05, 4.69) is 56.8 Å². The Hall–Kier alpha value is -1.17. The lowest BCUT2D eigenvalue weighted by molar-refractivity contribution is 0.204. The normalized spacial score (nSPS) is 11.8. The number of nitrogens with zero attached hydrogens (tertiary/aromatic N) is 3. The van der Waals surface area contributed by atoms with E-state index in [1.807, 2.05) is 16.0 Å². The second-order valence-corrected chi connectivity index (χ2v) is 7.48. The maximum Gasteiger partial charge on any atom is 0.0644 e. The number of hydrogen-bond donors (Lipinski definition) is 1. The van der Waals surface area contributed by atoms with Crippen LogP contribution in [0.5, 0.6) is 0 Å². The first kappa shape index (κ1) is 17.2. The molecule has 22 heavy (non-hydrogen) atoms. The van der Waals surface area contributed by atoms with Gasteiger partial charge in [0.2, 0.25) is 0 Å². The molecule has 4 nitrogen and oxygen atoms in total. The zero-order valence-corrected chi connectivity index (χ0v) is 15.1. The van der Waals surface area contributed by atoms with Crippen LogP contribution in [0.4, 0.5) is 0 Å². The fourth-order valence-electron chi connectivity index (χ4n) is 2.67. The second-order valence-electron chi connectivity index (χ2n) is 6.11. The van der Waals surface area contributed by atoms with Crippen molar-refractivity contribution in [2.45, 2.75) is 60.3 Å². The molecule has 0 aromatic carbocycles. The van der Waals surface area contributed by atoms with Gasteiger partial charge in [-0.25, -0.2) is 0 Å². The van der Waals surface area contributed by atoms with Crippen molar-refractivity contribution in [1.29, 1.82) is 0 Å². The molecule has 2 rings (SSSR count). The van der Waals surface area contributed by atoms with Crippen LogP contribution < -0.4 is 0 Å². The molecule has 0 saturated heterocycles. The van der Waals surface area contributed by atoms with Gasteiger partial charge in [-0.3, -0.25) is 9.58 Å². The molecule has 2 aromatic heterocycles. The van der Waals surface area contributed by atoms with E-state index in [-0.39, 0.29) is 6.61 Å². The summed E-state index contributed by atoms with van der Waals surface area (Å²) >= 11 is 1.87. The van der Waals surface area contributed by atoms with Gasteiger partial charge in [-0.15, -0.1) is 11.3 Å². The van der Waals surface area contributed by atoms with E-state index in [1.54, 1.807) is 0 Å². The highest BCUT2D eigenvalue weighted by Crippen LogP contribution is 2.22. The summed E-state index contributed by atoms with van der Waals surface area (Å²) in [5.74, 6) is 0. The number of rotatable bonds is 7. The smallest absolute Gasteiger partial charge is 0.0644 e. The maximum absolute atomic E-state index is 9.14. The molecule has 0 aliphatic carbocycles. The van der Waals surface area contributed by atoms with Crippen LogP contribution in [-0.2, 0) is 19.6 Å². The van der Waals surface area contributed by atoms with Gasteiger partial charge in [0.05, 0.1) is 18.8 Å². The first-order chi connectivity index (χ1) is 10.4. The minimum Gasteiger partial charge on any atom is -0.394 e. The minimum absolute atomic E-state index is 0.129. The number of aliphatic hydroxyl groups excluding tert-OH is 1. The monoisotopic (exact) mass is 321 g/mol. The van der Waals surface area contributed by atoms with Crippen LogP contribution in [0.2, 0.25) is 0 Å². The summed E-state index contributed by atoms with van der Waals surface area (Å²) in [4.78, 5) is 5.25. The SMILES string of the molecule is Cc1ccc(CN(Cc2c(C)nn(CCO)c2C)C(C)C)s1. The van der Waals surface area contributed by atoms with E-state index < -0.39 is 0 Å². The third kappa shape index (κ3) is 3.97. The van der Waals surface area contributed by atoms with Crippen LogP contribution >= 0.6 is 11.3 Å². The van der Waals surface area contributed by atoms with Gasteiger partial charge in [-0.05, 0) is 46.8 Å². The zero-order valence-electron chi connectivity index (χ0n) is 14.3. The van der Waals surface area contributed by atoms with E-state index in [9.17, 15) is 0 Å². The molecule has 1 N–H and O–H groups in total. The number of aromatic nitrogens is 2. The zero-order chi connectivity index (χ0) is 16.3. The van der Waals surface area contributed by atoms with Crippen molar-refractivity contribution in [2.75, 3.05) is 6.61 Å². The quantitative estimate of drug-likeness (QED) is 0.851. The molecule has 0 bridgehead atoms. The van der Waals surface area contributed by atoms with Crippen molar-refractivity contribution in [1.82, 2.24) is 14.7 Å². The van der Waals surface area contributed by atoms with Gasteiger partial charge in [0.1, 0.15) is 0 Å². The highest BCUT2D eigenvalue weighted by atomic mass is 32.1. The summed E-state index contributed by atoms with van der Waals surface area (Å²) in [6.45, 7) is 13.4. The third-order valence-electron chi connectivity index (χ3n) is 4.09. The molecule has 2 heterocycles. The predicted octanol–water partition coefficient (Wildman–Crippen LogP) is 3.27. The lowest BCUT2D eigenvalue weighted by Gasteiger charge is -2.26. The molecule has 2 aromatic rings. The summed E-state index contributed by atoms with van der Waals surface area (Å²) in [5, 5.41) is 13.7. The van der Waals surface area contributed by atoms with Crippen molar-refractivity contribution in [3.63, 3.8) is 0 Å². The number of thiophene rings is 1. The highest BCUT2D eigenvalue weighted by molar-refractivity contribution is 7.11. The first-order valence-corrected chi connectivity index (χ1v) is 8.67. The molecule has 0 aliphatic heterocycles. The minimum atomic E-state index is 0.129. The Morgan fingerprint density at radius 2 is 1.95 bits per heavy atom. The van der Waals surface area contributed by atoms with E-state index in [1.165, 1.54) is 21.0 Å². The fraction of sp³-hybridized carbons (Fsp3) is 0.588. The van der Waals surface area contributed by atoms with E-state index in [0.29, 0.717) is 12.6 Å². The average Bonchev–Trinajstić information content (AvgIpc) is 2.97. The van der Waals surface area contributed by atoms with Crippen molar-refractivity contribution < 1.29 is 5.11 Å². The molecule has 0 aliphatic rings. The van der Waals surface area contributed by atoms with Crippen LogP contribution in [0.15, 0.2) is 12.1 Å². The van der Waals surface area contributed by atoms with Crippen LogP contribution in [0.25, 0.3) is 0 Å². The molecule has 0 amide bonds. The molecule has 5 heteroatoms. The largest absolute Gasteiger partial charge is 0.394 e. The van der Waals surface area contributed by atoms with Gasteiger partial charge in [0.25, 0.3) is 0 Å². The molecular formula is C17H27N3OS. The number of hydrogen-bond acceptors (Lipinski definition) is 4. The third-order valence-corrected chi connectivity index (χ3v) is 5.08. The molecule has 0 unspecified atom stereocenters. The molecule has 122 valence electrons. The number of aryl methyl sites for hydroxylation is 2. The van der Waals surface area contributed by atoms with Gasteiger partial charge in [0, 0.05) is 40.1 Å². The highest BCUT2D eigenvalue weighted by Gasteiger charge is 2.18. The summed E-state index contributed by atoms with van der Waals surface area (Å²) < 4.78 is 1.92. The van der Waals surface area contributed by atoms with Gasteiger partial charge in [0.15, 0.2) is 0 Å². The van der Waals surface area contributed by atoms with Crippen molar-refractivity contribution >= 4 is 11.3 Å². The maximum atomic E-state index is 9.14. The summed E-state index contributed by atoms with van der Waals surface area (Å²) in [6.07, 6.45) is 0. The molecule has 0 spiro atoms. The van der Waals surface area contributed by atoms with Crippen molar-refractivity contribution in [3.8, 4) is 0 Å². The summed E-state index contributed by atoms with van der Waals surface area (Å²) in [6, 6.07) is 4.89. The summed E-state index contributed by atoms with van der Waals surface area (Å²) in [7, 11) is 0. The Kier molecular flexibility index (Phi) is 5.78. The average molecular weight is 321 g/mol. The summed E-state index contributed by atoms with van der Waals surface area (Å²) in [5.41, 5.74) is 3.52. The van der Waals surface area contributed by atoms with Crippen molar-refractivity contribution in [3.05, 3.63) is 38.8 Å². The first-order valence-electron chi connectivity index (χ1n) is 7.85. The van der Waals surface area contributed by atoms with E-state index in [4.69, 9.17) is 5.11 Å². The van der Waals surface area contributed by atoms with Gasteiger partial charge < -0.3 is 5.11 Å². The standard InChI is InChI=1S/C17H27N3OS/c1-12(2)19(10-16-7-6-13(3)22-16)11-17-14(4)18-20(8-9-21)15(17)5/h6-7,12,21H,8-11H2,1-5H3. The Morgan fingerprint density at radius 1 is 1.23 bits per heavy atom. The van der Waals surface area contributed by atoms with Crippen LogP contribution in [0, 0.1) is 20.8 Å². The second kappa shape index (κ2) is 7.40. The lowest BCUT2D eigenvalue weighted by atomic mass is 10.1. The van der Waals surface area contributed by atoms with Crippen LogP contribution in [0.3, 0.4) is 0 Å². The fourth-order valence-corrected chi connectivity index (χ4v) is 3.59. The molecule has 0 saturated carbocycles. The Labute approximate surface area is 137 Å². The Morgan fingerprint density at radius 3 is 2.50 bits per heavy atom. The Bertz CT molecular complexity index is 615. The molecule has 0 fully saturated rings. The van der Waals surface area contributed by atoms with Crippen LogP contribution in [0.1, 0.15) is 40.6 Å². The molecular weight excluding hydrogens is 294 g/mol. The number of aliphatic hydroxyl groups is 1.